The minimum atomic E-state index is -0.877. The number of benzene rings is 1. The summed E-state index contributed by atoms with van der Waals surface area (Å²) in [4.78, 5) is 15.3. The summed E-state index contributed by atoms with van der Waals surface area (Å²) in [6.07, 6.45) is 8.28. The third-order valence-corrected chi connectivity index (χ3v) is 3.83. The number of aryl methyl sites for hydroxylation is 1. The van der Waals surface area contributed by atoms with Gasteiger partial charge in [0.15, 0.2) is 0 Å². The Bertz CT molecular complexity index is 685. The first kappa shape index (κ1) is 12.7. The van der Waals surface area contributed by atoms with Crippen LogP contribution in [0.25, 0.3) is 11.3 Å². The Morgan fingerprint density at radius 2 is 2.25 bits per heavy atom. The van der Waals surface area contributed by atoms with E-state index in [4.69, 9.17) is 5.11 Å². The average molecular weight is 268 g/mol. The Kier molecular flexibility index (Phi) is 3.14. The molecule has 1 heterocycles. The van der Waals surface area contributed by atoms with Crippen LogP contribution in [0.15, 0.2) is 36.9 Å². The summed E-state index contributed by atoms with van der Waals surface area (Å²) < 4.78 is 2.04. The largest absolute Gasteiger partial charge is 0.478 e. The van der Waals surface area contributed by atoms with Crippen molar-refractivity contribution in [2.45, 2.75) is 26.2 Å². The Morgan fingerprint density at radius 3 is 2.90 bits per heavy atom. The number of carboxylic acid groups (broad SMARTS) is 1. The third kappa shape index (κ3) is 2.03. The molecule has 0 atom stereocenters. The van der Waals surface area contributed by atoms with Gasteiger partial charge in [0.2, 0.25) is 0 Å². The number of nitrogens with zero attached hydrogens (tertiary/aromatic N) is 2. The molecular formula is C16H16N2O2. The Morgan fingerprint density at radius 1 is 1.40 bits per heavy atom. The molecule has 20 heavy (non-hydrogen) atoms. The lowest BCUT2D eigenvalue weighted by molar-refractivity contribution is 0.0697. The van der Waals surface area contributed by atoms with Gasteiger partial charge in [0.25, 0.3) is 0 Å². The van der Waals surface area contributed by atoms with Gasteiger partial charge in [-0.25, -0.2) is 9.78 Å². The van der Waals surface area contributed by atoms with Gasteiger partial charge in [-0.05, 0) is 48.1 Å². The van der Waals surface area contributed by atoms with E-state index in [-0.39, 0.29) is 0 Å². The van der Waals surface area contributed by atoms with E-state index >= 15 is 0 Å². The van der Waals surface area contributed by atoms with Gasteiger partial charge < -0.3 is 9.67 Å². The highest BCUT2D eigenvalue weighted by molar-refractivity contribution is 5.92. The van der Waals surface area contributed by atoms with Gasteiger partial charge in [0, 0.05) is 18.1 Å². The number of allylic oxidation sites excluding steroid dienone is 2. The van der Waals surface area contributed by atoms with Gasteiger partial charge in [-0.2, -0.15) is 0 Å². The Balaban J connectivity index is 2.17. The van der Waals surface area contributed by atoms with Crippen LogP contribution < -0.4 is 0 Å². The topological polar surface area (TPSA) is 55.1 Å². The minimum absolute atomic E-state index is 0.349. The van der Waals surface area contributed by atoms with Gasteiger partial charge in [0.05, 0.1) is 11.9 Å². The number of aromatic carboxylic acids is 1. The first-order chi connectivity index (χ1) is 9.70. The lowest BCUT2D eigenvalue weighted by Crippen LogP contribution is -2.10. The molecule has 0 saturated carbocycles. The van der Waals surface area contributed by atoms with E-state index in [0.717, 1.165) is 24.8 Å². The first-order valence-corrected chi connectivity index (χ1v) is 6.77. The summed E-state index contributed by atoms with van der Waals surface area (Å²) in [5.41, 5.74) is 5.09. The molecule has 102 valence electrons. The number of carbonyl (C=O) groups is 1. The number of hydrogen-bond acceptors (Lipinski definition) is 2. The predicted octanol–water partition coefficient (Wildman–Crippen LogP) is 3.31. The number of hydrogen-bond donors (Lipinski definition) is 1. The smallest absolute Gasteiger partial charge is 0.335 e. The van der Waals surface area contributed by atoms with Crippen molar-refractivity contribution in [2.24, 2.45) is 0 Å². The van der Waals surface area contributed by atoms with Gasteiger partial charge in [-0.3, -0.25) is 0 Å². The van der Waals surface area contributed by atoms with Crippen LogP contribution in [-0.2, 0) is 6.42 Å². The molecule has 0 amide bonds. The molecule has 3 rings (SSSR count). The van der Waals surface area contributed by atoms with Crippen LogP contribution in [0.2, 0.25) is 0 Å². The molecule has 0 aliphatic heterocycles. The summed E-state index contributed by atoms with van der Waals surface area (Å²) in [6, 6.07) is 5.43. The van der Waals surface area contributed by atoms with Crippen LogP contribution in [0.3, 0.4) is 0 Å². The molecule has 0 saturated heterocycles. The fourth-order valence-electron chi connectivity index (χ4n) is 2.87. The van der Waals surface area contributed by atoms with E-state index < -0.39 is 5.97 Å². The molecule has 0 radical (unpaired) electrons. The van der Waals surface area contributed by atoms with Crippen molar-refractivity contribution in [3.8, 4) is 0 Å². The second kappa shape index (κ2) is 4.96. The minimum Gasteiger partial charge on any atom is -0.478 e. The quantitative estimate of drug-likeness (QED) is 0.929. The molecule has 4 nitrogen and oxygen atoms in total. The maximum absolute atomic E-state index is 11.2. The van der Waals surface area contributed by atoms with Gasteiger partial charge >= 0.3 is 5.97 Å². The monoisotopic (exact) mass is 268 g/mol. The van der Waals surface area contributed by atoms with E-state index in [0.29, 0.717) is 5.56 Å². The van der Waals surface area contributed by atoms with Crippen LogP contribution in [0, 0.1) is 0 Å². The van der Waals surface area contributed by atoms with Crippen molar-refractivity contribution >= 4 is 17.2 Å². The van der Waals surface area contributed by atoms with E-state index in [1.807, 2.05) is 16.8 Å². The molecule has 0 bridgehead atoms. The predicted molar refractivity (Wildman–Crippen MR) is 77.4 cm³/mol. The Hall–Kier alpha value is -2.36. The standard InChI is InChI=1S/C16H16N2O2/c1-2-13-14-9-12(16(19)20)4-3-11(14)5-6-15(13)18-8-7-17-10-18/h3-4,7-10H,2,5-6H2,1H3,(H,19,20). The summed E-state index contributed by atoms with van der Waals surface area (Å²) in [5, 5.41) is 9.16. The number of imidazole rings is 1. The molecule has 4 heteroatoms. The second-order valence-electron chi connectivity index (χ2n) is 4.93. The maximum atomic E-state index is 11.2. The highest BCUT2D eigenvalue weighted by Crippen LogP contribution is 2.36. The number of carboxylic acids is 1. The SMILES string of the molecule is CCC1=C(n2ccnc2)CCc2ccc(C(=O)O)cc21. The summed E-state index contributed by atoms with van der Waals surface area (Å²) in [6.45, 7) is 2.11. The molecule has 0 fully saturated rings. The van der Waals surface area contributed by atoms with Crippen molar-refractivity contribution in [2.75, 3.05) is 0 Å². The average Bonchev–Trinajstić information content (AvgIpc) is 2.99. The summed E-state index contributed by atoms with van der Waals surface area (Å²) >= 11 is 0. The number of fused-ring (bicyclic) bond motifs is 1. The second-order valence-corrected chi connectivity index (χ2v) is 4.93. The Labute approximate surface area is 117 Å². The van der Waals surface area contributed by atoms with Crippen molar-refractivity contribution in [1.82, 2.24) is 9.55 Å². The summed E-state index contributed by atoms with van der Waals surface area (Å²) in [5.74, 6) is -0.877. The molecule has 0 spiro atoms. The van der Waals surface area contributed by atoms with E-state index in [1.54, 1.807) is 24.7 Å². The zero-order valence-corrected chi connectivity index (χ0v) is 11.3. The van der Waals surface area contributed by atoms with Gasteiger partial charge in [-0.1, -0.05) is 13.0 Å². The first-order valence-electron chi connectivity index (χ1n) is 6.77. The molecule has 1 aromatic carbocycles. The van der Waals surface area contributed by atoms with E-state index in [2.05, 4.69) is 11.9 Å². The van der Waals surface area contributed by atoms with E-state index in [9.17, 15) is 4.79 Å². The normalized spacial score (nSPS) is 14.2. The van der Waals surface area contributed by atoms with Crippen LogP contribution in [-0.4, -0.2) is 20.6 Å². The van der Waals surface area contributed by atoms with Crippen molar-refractivity contribution < 1.29 is 9.90 Å². The van der Waals surface area contributed by atoms with Crippen LogP contribution in [0.4, 0.5) is 0 Å². The van der Waals surface area contributed by atoms with Crippen molar-refractivity contribution in [3.05, 3.63) is 53.6 Å². The zero-order chi connectivity index (χ0) is 14.1. The highest BCUT2D eigenvalue weighted by atomic mass is 16.4. The fourth-order valence-corrected chi connectivity index (χ4v) is 2.87. The third-order valence-electron chi connectivity index (χ3n) is 3.83. The maximum Gasteiger partial charge on any atom is 0.335 e. The van der Waals surface area contributed by atoms with Crippen LogP contribution in [0.1, 0.15) is 41.3 Å². The number of rotatable bonds is 3. The number of aromatic nitrogens is 2. The fraction of sp³-hybridized carbons (Fsp3) is 0.250. The van der Waals surface area contributed by atoms with Crippen LogP contribution in [0.5, 0.6) is 0 Å². The molecule has 2 aromatic rings. The lowest BCUT2D eigenvalue weighted by atomic mass is 9.86. The van der Waals surface area contributed by atoms with E-state index in [1.165, 1.54) is 16.8 Å². The van der Waals surface area contributed by atoms with Crippen LogP contribution >= 0.6 is 0 Å². The molecule has 1 aliphatic carbocycles. The molecule has 1 aromatic heterocycles. The van der Waals surface area contributed by atoms with Gasteiger partial charge in [0.1, 0.15) is 0 Å². The lowest BCUT2D eigenvalue weighted by Gasteiger charge is -2.23. The summed E-state index contributed by atoms with van der Waals surface area (Å²) in [7, 11) is 0. The highest BCUT2D eigenvalue weighted by Gasteiger charge is 2.20. The van der Waals surface area contributed by atoms with Crippen molar-refractivity contribution in [3.63, 3.8) is 0 Å². The molecule has 1 N–H and O–H groups in total. The molecule has 0 unspecified atom stereocenters. The zero-order valence-electron chi connectivity index (χ0n) is 11.3. The van der Waals surface area contributed by atoms with Gasteiger partial charge in [-0.15, -0.1) is 0 Å². The molecule has 1 aliphatic rings. The van der Waals surface area contributed by atoms with Crippen molar-refractivity contribution in [1.29, 1.82) is 0 Å². The molecular weight excluding hydrogens is 252 g/mol.